The van der Waals surface area contributed by atoms with E-state index in [1.165, 1.54) is 31.2 Å². The summed E-state index contributed by atoms with van der Waals surface area (Å²) in [7, 11) is 0. The van der Waals surface area contributed by atoms with Gasteiger partial charge < -0.3 is 47.8 Å². The number of nitrogens with one attached hydrogen (secondary N) is 3. The number of carboxylic acids is 2. The van der Waals surface area contributed by atoms with Gasteiger partial charge in [-0.25, -0.2) is 4.79 Å². The van der Waals surface area contributed by atoms with Crippen LogP contribution in [0.25, 0.3) is 0 Å². The van der Waals surface area contributed by atoms with Crippen molar-refractivity contribution < 1.29 is 49.2 Å². The lowest BCUT2D eigenvalue weighted by Gasteiger charge is -2.26. The average Bonchev–Trinajstić information content (AvgIpc) is 2.79. The Morgan fingerprint density at radius 3 is 1.95 bits per heavy atom. The highest BCUT2D eigenvalue weighted by Gasteiger charge is 2.33. The molecule has 5 atom stereocenters. The van der Waals surface area contributed by atoms with Gasteiger partial charge in [0.05, 0.1) is 18.6 Å². The van der Waals surface area contributed by atoms with Crippen LogP contribution in [0.15, 0.2) is 24.3 Å². The molecule has 0 fully saturated rings. The number of benzene rings is 1. The molecule has 4 amide bonds. The lowest BCUT2D eigenvalue weighted by atomic mass is 10.0. The van der Waals surface area contributed by atoms with Crippen LogP contribution in [0.5, 0.6) is 5.75 Å². The number of phenolic OH excluding ortho intramolecular Hbond substituents is 1. The third-order valence-corrected chi connectivity index (χ3v) is 5.09. The molecule has 0 saturated carbocycles. The van der Waals surface area contributed by atoms with Crippen molar-refractivity contribution in [2.24, 2.45) is 11.5 Å². The number of carbonyl (C=O) groups excluding carboxylic acids is 4. The van der Waals surface area contributed by atoms with Gasteiger partial charge in [-0.3, -0.25) is 24.0 Å². The van der Waals surface area contributed by atoms with Gasteiger partial charge in [-0.2, -0.15) is 0 Å². The van der Waals surface area contributed by atoms with Crippen LogP contribution >= 0.6 is 0 Å². The zero-order valence-electron chi connectivity index (χ0n) is 19.9. The van der Waals surface area contributed by atoms with E-state index in [0.29, 0.717) is 5.56 Å². The fourth-order valence-electron chi connectivity index (χ4n) is 3.12. The first-order valence-corrected chi connectivity index (χ1v) is 11.1. The van der Waals surface area contributed by atoms with E-state index < -0.39 is 85.1 Å². The number of hydrogen-bond donors (Lipinski definition) is 9. The molecule has 0 aliphatic carbocycles. The van der Waals surface area contributed by atoms with Gasteiger partial charge in [-0.15, -0.1) is 0 Å². The average molecular weight is 526 g/mol. The number of carbonyl (C=O) groups is 6. The van der Waals surface area contributed by atoms with Crippen LogP contribution in [0.1, 0.15) is 31.7 Å². The number of carboxylic acid groups (broad SMARTS) is 2. The summed E-state index contributed by atoms with van der Waals surface area (Å²) in [4.78, 5) is 71.4. The van der Waals surface area contributed by atoms with Crippen molar-refractivity contribution in [2.45, 2.75) is 62.9 Å². The zero-order chi connectivity index (χ0) is 28.3. The molecule has 204 valence electrons. The molecular formula is C22H31N5O10. The molecule has 1 aromatic rings. The summed E-state index contributed by atoms with van der Waals surface area (Å²) in [6.45, 7) is 1.18. The standard InChI is InChI=1S/C22H31N5O10/c1-10(28)18(27-19(33)13(23)8-11-2-4-12(29)5-3-11)21(35)25-14(6-7-17(31)32)20(34)26-15(22(36)37)9-16(24)30/h2-5,10,13-15,18,28-29H,6-9,23H2,1H3,(H2,24,30)(H,25,35)(H,26,34)(H,27,33)(H,31,32)(H,36,37). The van der Waals surface area contributed by atoms with Crippen LogP contribution in [0.2, 0.25) is 0 Å². The van der Waals surface area contributed by atoms with E-state index in [9.17, 15) is 44.1 Å². The molecule has 0 bridgehead atoms. The number of aromatic hydroxyl groups is 1. The number of nitrogens with two attached hydrogens (primary N) is 2. The summed E-state index contributed by atoms with van der Waals surface area (Å²) in [5.74, 6) is -6.95. The van der Waals surface area contributed by atoms with Crippen molar-refractivity contribution in [3.05, 3.63) is 29.8 Å². The fourth-order valence-corrected chi connectivity index (χ4v) is 3.12. The van der Waals surface area contributed by atoms with E-state index in [0.717, 1.165) is 0 Å². The van der Waals surface area contributed by atoms with Crippen LogP contribution < -0.4 is 27.4 Å². The van der Waals surface area contributed by atoms with Crippen LogP contribution in [-0.2, 0) is 35.2 Å². The minimum absolute atomic E-state index is 0.0124. The smallest absolute Gasteiger partial charge is 0.326 e. The fraction of sp³-hybridized carbons (Fsp3) is 0.455. The third kappa shape index (κ3) is 10.9. The molecule has 0 heterocycles. The van der Waals surface area contributed by atoms with Gasteiger partial charge in [-0.05, 0) is 37.5 Å². The second kappa shape index (κ2) is 14.4. The zero-order valence-corrected chi connectivity index (χ0v) is 19.9. The molecule has 5 unspecified atom stereocenters. The summed E-state index contributed by atoms with van der Waals surface area (Å²) in [6, 6.07) is -0.236. The predicted octanol–water partition coefficient (Wildman–Crippen LogP) is -3.08. The van der Waals surface area contributed by atoms with E-state index in [1.54, 1.807) is 0 Å². The Hall–Kier alpha value is -4.24. The van der Waals surface area contributed by atoms with Gasteiger partial charge >= 0.3 is 11.9 Å². The van der Waals surface area contributed by atoms with Crippen LogP contribution in [0.4, 0.5) is 0 Å². The van der Waals surface area contributed by atoms with Crippen molar-refractivity contribution in [2.75, 3.05) is 0 Å². The van der Waals surface area contributed by atoms with Crippen molar-refractivity contribution in [3.8, 4) is 5.75 Å². The van der Waals surface area contributed by atoms with Gasteiger partial charge in [0.15, 0.2) is 0 Å². The molecule has 0 aliphatic heterocycles. The van der Waals surface area contributed by atoms with E-state index in [-0.39, 0.29) is 12.2 Å². The highest BCUT2D eigenvalue weighted by molar-refractivity contribution is 5.95. The third-order valence-electron chi connectivity index (χ3n) is 5.09. The molecule has 0 saturated heterocycles. The number of primary amides is 1. The number of aliphatic carboxylic acids is 2. The van der Waals surface area contributed by atoms with E-state index in [4.69, 9.17) is 16.6 Å². The molecule has 1 aromatic carbocycles. The maximum absolute atomic E-state index is 12.8. The number of aliphatic hydroxyl groups is 1. The molecule has 15 heteroatoms. The Labute approximate surface area is 211 Å². The number of hydrogen-bond acceptors (Lipinski definition) is 9. The van der Waals surface area contributed by atoms with Gasteiger partial charge in [0.1, 0.15) is 23.9 Å². The first kappa shape index (κ1) is 30.8. The molecule has 11 N–H and O–H groups in total. The SMILES string of the molecule is CC(O)C(NC(=O)C(N)Cc1ccc(O)cc1)C(=O)NC(CCC(=O)O)C(=O)NC(CC(N)=O)C(=O)O. The van der Waals surface area contributed by atoms with Crippen molar-refractivity contribution in [1.82, 2.24) is 16.0 Å². The van der Waals surface area contributed by atoms with Gasteiger partial charge in [0, 0.05) is 6.42 Å². The van der Waals surface area contributed by atoms with E-state index in [1.807, 2.05) is 5.32 Å². The Morgan fingerprint density at radius 2 is 1.46 bits per heavy atom. The monoisotopic (exact) mass is 525 g/mol. The Kier molecular flexibility index (Phi) is 11.9. The van der Waals surface area contributed by atoms with Crippen LogP contribution in [-0.4, -0.2) is 86.3 Å². The molecule has 0 spiro atoms. The quantitative estimate of drug-likeness (QED) is 0.111. The summed E-state index contributed by atoms with van der Waals surface area (Å²) in [5, 5.41) is 44.0. The number of aliphatic hydroxyl groups excluding tert-OH is 1. The lowest BCUT2D eigenvalue weighted by molar-refractivity contribution is -0.144. The number of rotatable bonds is 15. The highest BCUT2D eigenvalue weighted by atomic mass is 16.4. The Balaban J connectivity index is 2.96. The topological polar surface area (TPSA) is 271 Å². The Morgan fingerprint density at radius 1 is 0.892 bits per heavy atom. The molecule has 1 rings (SSSR count). The number of amides is 4. The van der Waals surface area contributed by atoms with Gasteiger partial charge in [-0.1, -0.05) is 12.1 Å². The maximum atomic E-state index is 12.8. The minimum atomic E-state index is -1.74. The maximum Gasteiger partial charge on any atom is 0.326 e. The normalized spacial score (nSPS) is 14.8. The van der Waals surface area contributed by atoms with Gasteiger partial charge in [0.2, 0.25) is 23.6 Å². The minimum Gasteiger partial charge on any atom is -0.508 e. The Bertz CT molecular complexity index is 998. The molecule has 0 radical (unpaired) electrons. The lowest BCUT2D eigenvalue weighted by Crippen LogP contribution is -2.60. The summed E-state index contributed by atoms with van der Waals surface area (Å²) in [5.41, 5.74) is 11.5. The van der Waals surface area contributed by atoms with Crippen molar-refractivity contribution in [3.63, 3.8) is 0 Å². The summed E-state index contributed by atoms with van der Waals surface area (Å²) in [6.07, 6.45) is -3.28. The van der Waals surface area contributed by atoms with Crippen LogP contribution in [0.3, 0.4) is 0 Å². The second-order valence-electron chi connectivity index (χ2n) is 8.27. The first-order chi connectivity index (χ1) is 17.2. The summed E-state index contributed by atoms with van der Waals surface area (Å²) >= 11 is 0. The second-order valence-corrected chi connectivity index (χ2v) is 8.27. The first-order valence-electron chi connectivity index (χ1n) is 11.1. The van der Waals surface area contributed by atoms with Crippen LogP contribution in [0, 0.1) is 0 Å². The largest absolute Gasteiger partial charge is 0.508 e. The van der Waals surface area contributed by atoms with E-state index >= 15 is 0 Å². The van der Waals surface area contributed by atoms with Crippen molar-refractivity contribution in [1.29, 1.82) is 0 Å². The number of phenols is 1. The predicted molar refractivity (Wildman–Crippen MR) is 126 cm³/mol. The molecule has 37 heavy (non-hydrogen) atoms. The van der Waals surface area contributed by atoms with Crippen molar-refractivity contribution >= 4 is 35.6 Å². The van der Waals surface area contributed by atoms with E-state index in [2.05, 4.69) is 10.6 Å². The molecule has 15 nitrogen and oxygen atoms in total. The molecular weight excluding hydrogens is 494 g/mol. The van der Waals surface area contributed by atoms with Gasteiger partial charge in [0.25, 0.3) is 0 Å². The molecule has 0 aromatic heterocycles. The molecule has 0 aliphatic rings. The highest BCUT2D eigenvalue weighted by Crippen LogP contribution is 2.11. The summed E-state index contributed by atoms with van der Waals surface area (Å²) < 4.78 is 0.